The minimum Gasteiger partial charge on any atom is -0.497 e. The summed E-state index contributed by atoms with van der Waals surface area (Å²) in [6.07, 6.45) is 0.145. The highest BCUT2D eigenvalue weighted by atomic mass is 16.5. The van der Waals surface area contributed by atoms with E-state index in [9.17, 15) is 14.4 Å². The second-order valence-electron chi connectivity index (χ2n) is 6.23. The average Bonchev–Trinajstić information content (AvgIpc) is 3.04. The summed E-state index contributed by atoms with van der Waals surface area (Å²) in [4.78, 5) is 37.9. The van der Waals surface area contributed by atoms with E-state index in [0.717, 1.165) is 0 Å². The van der Waals surface area contributed by atoms with Crippen molar-refractivity contribution in [1.82, 2.24) is 0 Å². The average molecular weight is 352 g/mol. The first-order valence-corrected chi connectivity index (χ1v) is 8.34. The van der Waals surface area contributed by atoms with Crippen LogP contribution < -0.4 is 15.0 Å². The van der Waals surface area contributed by atoms with Gasteiger partial charge in [-0.05, 0) is 43.3 Å². The van der Waals surface area contributed by atoms with E-state index in [1.165, 1.54) is 6.92 Å². The van der Waals surface area contributed by atoms with E-state index in [2.05, 4.69) is 5.32 Å². The van der Waals surface area contributed by atoms with Crippen molar-refractivity contribution < 1.29 is 19.1 Å². The van der Waals surface area contributed by atoms with Gasteiger partial charge in [0.05, 0.1) is 13.0 Å². The number of methoxy groups -OCH3 is 1. The Morgan fingerprint density at radius 2 is 1.88 bits per heavy atom. The minimum absolute atomic E-state index is 0.0627. The van der Waals surface area contributed by atoms with Crippen LogP contribution in [0.5, 0.6) is 5.75 Å². The number of anilines is 2. The Kier molecular flexibility index (Phi) is 5.02. The van der Waals surface area contributed by atoms with Crippen molar-refractivity contribution in [3.8, 4) is 5.75 Å². The van der Waals surface area contributed by atoms with Gasteiger partial charge in [0.15, 0.2) is 5.78 Å². The Hall–Kier alpha value is -3.15. The van der Waals surface area contributed by atoms with E-state index in [1.54, 1.807) is 60.5 Å². The van der Waals surface area contributed by atoms with Crippen LogP contribution in [0.4, 0.5) is 11.4 Å². The molecule has 1 aliphatic rings. The van der Waals surface area contributed by atoms with Crippen LogP contribution in [0, 0.1) is 5.92 Å². The highest BCUT2D eigenvalue weighted by Crippen LogP contribution is 2.27. The number of hydrogen-bond donors (Lipinski definition) is 1. The normalized spacial score (nSPS) is 16.5. The maximum absolute atomic E-state index is 12.5. The number of ether oxygens (including phenoxy) is 1. The third-order valence-corrected chi connectivity index (χ3v) is 4.42. The number of amides is 2. The lowest BCUT2D eigenvalue weighted by Gasteiger charge is -2.17. The maximum atomic E-state index is 12.5. The Morgan fingerprint density at radius 3 is 2.54 bits per heavy atom. The van der Waals surface area contributed by atoms with Crippen LogP contribution >= 0.6 is 0 Å². The lowest BCUT2D eigenvalue weighted by atomic mass is 10.1. The molecule has 1 aliphatic heterocycles. The van der Waals surface area contributed by atoms with Gasteiger partial charge in [-0.2, -0.15) is 0 Å². The molecular formula is C20H20N2O4. The van der Waals surface area contributed by atoms with Gasteiger partial charge < -0.3 is 15.0 Å². The molecule has 3 rings (SSSR count). The molecular weight excluding hydrogens is 332 g/mol. The summed E-state index contributed by atoms with van der Waals surface area (Å²) in [5, 5.41) is 2.83. The predicted molar refractivity (Wildman–Crippen MR) is 98.5 cm³/mol. The van der Waals surface area contributed by atoms with Gasteiger partial charge in [-0.3, -0.25) is 14.4 Å². The number of benzene rings is 2. The van der Waals surface area contributed by atoms with E-state index in [0.29, 0.717) is 29.2 Å². The molecule has 6 nitrogen and oxygen atoms in total. The summed E-state index contributed by atoms with van der Waals surface area (Å²) >= 11 is 0. The smallest absolute Gasteiger partial charge is 0.229 e. The molecule has 1 unspecified atom stereocenters. The minimum atomic E-state index is -0.439. The molecule has 0 bridgehead atoms. The van der Waals surface area contributed by atoms with Crippen molar-refractivity contribution in [1.29, 1.82) is 0 Å². The number of carbonyl (C=O) groups is 3. The van der Waals surface area contributed by atoms with Gasteiger partial charge in [0.2, 0.25) is 11.8 Å². The first-order chi connectivity index (χ1) is 12.5. The van der Waals surface area contributed by atoms with E-state index in [4.69, 9.17) is 4.74 Å². The standard InChI is InChI=1S/C20H20N2O4/c1-13(23)14-4-3-5-17(10-14)22-12-15(11-19(22)24)20(25)21-16-6-8-18(26-2)9-7-16/h3-10,15H,11-12H2,1-2H3,(H,21,25). The van der Waals surface area contributed by atoms with Gasteiger partial charge in [-0.1, -0.05) is 12.1 Å². The van der Waals surface area contributed by atoms with Gasteiger partial charge in [0.1, 0.15) is 5.75 Å². The fraction of sp³-hybridized carbons (Fsp3) is 0.250. The van der Waals surface area contributed by atoms with Gasteiger partial charge in [-0.15, -0.1) is 0 Å². The van der Waals surface area contributed by atoms with Crippen molar-refractivity contribution in [2.45, 2.75) is 13.3 Å². The van der Waals surface area contributed by atoms with Gasteiger partial charge >= 0.3 is 0 Å². The first-order valence-electron chi connectivity index (χ1n) is 8.34. The number of carbonyl (C=O) groups excluding carboxylic acids is 3. The zero-order chi connectivity index (χ0) is 18.7. The van der Waals surface area contributed by atoms with Crippen LogP contribution in [0.25, 0.3) is 0 Å². The van der Waals surface area contributed by atoms with E-state index in [1.807, 2.05) is 0 Å². The third-order valence-electron chi connectivity index (χ3n) is 4.42. The van der Waals surface area contributed by atoms with Gasteiger partial charge in [-0.25, -0.2) is 0 Å². The van der Waals surface area contributed by atoms with Crippen molar-refractivity contribution in [2.75, 3.05) is 23.9 Å². The number of rotatable bonds is 5. The largest absolute Gasteiger partial charge is 0.497 e. The Balaban J connectivity index is 1.69. The lowest BCUT2D eigenvalue weighted by molar-refractivity contribution is -0.122. The maximum Gasteiger partial charge on any atom is 0.229 e. The quantitative estimate of drug-likeness (QED) is 0.840. The Bertz CT molecular complexity index is 845. The fourth-order valence-electron chi connectivity index (χ4n) is 2.94. The summed E-state index contributed by atoms with van der Waals surface area (Å²) in [6, 6.07) is 13.9. The second-order valence-corrected chi connectivity index (χ2v) is 6.23. The molecule has 0 spiro atoms. The number of hydrogen-bond acceptors (Lipinski definition) is 4. The molecule has 1 N–H and O–H groups in total. The summed E-state index contributed by atoms with van der Waals surface area (Å²) < 4.78 is 5.09. The van der Waals surface area contributed by atoms with Crippen LogP contribution in [0.3, 0.4) is 0 Å². The van der Waals surface area contributed by atoms with Crippen molar-refractivity contribution in [3.05, 3.63) is 54.1 Å². The molecule has 0 aliphatic carbocycles. The van der Waals surface area contributed by atoms with Crippen molar-refractivity contribution in [2.24, 2.45) is 5.92 Å². The molecule has 26 heavy (non-hydrogen) atoms. The number of nitrogens with one attached hydrogen (secondary N) is 1. The highest BCUT2D eigenvalue weighted by molar-refractivity contribution is 6.04. The Morgan fingerprint density at radius 1 is 1.15 bits per heavy atom. The topological polar surface area (TPSA) is 75.7 Å². The molecule has 1 fully saturated rings. The van der Waals surface area contributed by atoms with Crippen LogP contribution in [0.2, 0.25) is 0 Å². The zero-order valence-corrected chi connectivity index (χ0v) is 14.7. The molecule has 0 radical (unpaired) electrons. The van der Waals surface area contributed by atoms with Crippen LogP contribution in [-0.2, 0) is 9.59 Å². The number of nitrogens with zero attached hydrogens (tertiary/aromatic N) is 1. The zero-order valence-electron chi connectivity index (χ0n) is 14.7. The second kappa shape index (κ2) is 7.39. The molecule has 1 saturated heterocycles. The van der Waals surface area contributed by atoms with Crippen LogP contribution in [0.1, 0.15) is 23.7 Å². The van der Waals surface area contributed by atoms with Gasteiger partial charge in [0.25, 0.3) is 0 Å². The molecule has 2 aromatic rings. The summed E-state index contributed by atoms with van der Waals surface area (Å²) in [5.41, 5.74) is 1.84. The van der Waals surface area contributed by atoms with Crippen molar-refractivity contribution in [3.63, 3.8) is 0 Å². The van der Waals surface area contributed by atoms with Crippen molar-refractivity contribution >= 4 is 29.0 Å². The van der Waals surface area contributed by atoms with Crippen LogP contribution in [0.15, 0.2) is 48.5 Å². The van der Waals surface area contributed by atoms with Gasteiger partial charge in [0, 0.05) is 29.9 Å². The van der Waals surface area contributed by atoms with E-state index >= 15 is 0 Å². The molecule has 1 heterocycles. The third kappa shape index (κ3) is 3.74. The fourth-order valence-corrected chi connectivity index (χ4v) is 2.94. The van der Waals surface area contributed by atoms with Crippen LogP contribution in [-0.4, -0.2) is 31.3 Å². The summed E-state index contributed by atoms with van der Waals surface area (Å²) in [7, 11) is 1.58. The summed E-state index contributed by atoms with van der Waals surface area (Å²) in [6.45, 7) is 1.78. The Labute approximate surface area is 151 Å². The molecule has 2 amide bonds. The molecule has 0 aromatic heterocycles. The molecule has 1 atom stereocenters. The SMILES string of the molecule is COc1ccc(NC(=O)C2CC(=O)N(c3cccc(C(C)=O)c3)C2)cc1. The van der Waals surface area contributed by atoms with E-state index in [-0.39, 0.29) is 24.0 Å². The summed E-state index contributed by atoms with van der Waals surface area (Å²) in [5.74, 6) is -0.122. The number of Topliss-reactive ketones (excluding diaryl/α,β-unsaturated/α-hetero) is 1. The molecule has 2 aromatic carbocycles. The lowest BCUT2D eigenvalue weighted by Crippen LogP contribution is -2.28. The molecule has 0 saturated carbocycles. The van der Waals surface area contributed by atoms with E-state index < -0.39 is 5.92 Å². The number of ketones is 1. The monoisotopic (exact) mass is 352 g/mol. The first kappa shape index (κ1) is 17.7. The highest BCUT2D eigenvalue weighted by Gasteiger charge is 2.35. The molecule has 6 heteroatoms. The predicted octanol–water partition coefficient (Wildman–Crippen LogP) is 2.89. The molecule has 134 valence electrons.